The molecule has 7 heteroatoms. The minimum Gasteiger partial charge on any atom is -0.492 e. The Bertz CT molecular complexity index is 569. The lowest BCUT2D eigenvalue weighted by Gasteiger charge is -2.08. The molecule has 20 heavy (non-hydrogen) atoms. The Hall–Kier alpha value is -1.92. The van der Waals surface area contributed by atoms with Crippen LogP contribution in [0.1, 0.15) is 16.2 Å². The molecule has 1 heterocycles. The van der Waals surface area contributed by atoms with E-state index >= 15 is 0 Å². The maximum Gasteiger partial charge on any atom is 0.172 e. The first-order valence-electron chi connectivity index (χ1n) is 5.99. The van der Waals surface area contributed by atoms with E-state index in [1.54, 1.807) is 36.1 Å². The number of nitrogens with zero attached hydrogens (tertiary/aromatic N) is 3. The van der Waals surface area contributed by atoms with Crippen molar-refractivity contribution in [2.75, 3.05) is 13.7 Å². The minimum absolute atomic E-state index is 0.280. The summed E-state index contributed by atoms with van der Waals surface area (Å²) >= 11 is 5.79. The molecule has 1 aromatic heterocycles. The molecule has 0 fully saturated rings. The molecule has 0 saturated carbocycles. The number of carbonyl (C=O) groups is 1. The second-order valence-electron chi connectivity index (χ2n) is 4.00. The highest BCUT2D eigenvalue weighted by atomic mass is 35.5. The van der Waals surface area contributed by atoms with E-state index in [1.807, 2.05) is 0 Å². The lowest BCUT2D eigenvalue weighted by atomic mass is 10.3. The summed E-state index contributed by atoms with van der Waals surface area (Å²) in [4.78, 5) is 10.8. The van der Waals surface area contributed by atoms with Crippen LogP contribution in [0.15, 0.2) is 24.3 Å². The van der Waals surface area contributed by atoms with Gasteiger partial charge in [-0.05, 0) is 24.3 Å². The SMILES string of the molecule is COCc1c(C=O)nnn1CCOc1ccc(Cl)cc1. The highest BCUT2D eigenvalue weighted by Crippen LogP contribution is 2.15. The van der Waals surface area contributed by atoms with Crippen molar-refractivity contribution in [3.63, 3.8) is 0 Å². The van der Waals surface area contributed by atoms with Crippen LogP contribution in [0.4, 0.5) is 0 Å². The van der Waals surface area contributed by atoms with E-state index in [-0.39, 0.29) is 6.61 Å². The average Bonchev–Trinajstić information content (AvgIpc) is 2.84. The summed E-state index contributed by atoms with van der Waals surface area (Å²) in [6, 6.07) is 7.09. The van der Waals surface area contributed by atoms with Crippen molar-refractivity contribution < 1.29 is 14.3 Å². The molecule has 0 bridgehead atoms. The first-order valence-corrected chi connectivity index (χ1v) is 6.37. The van der Waals surface area contributed by atoms with E-state index in [1.165, 1.54) is 0 Å². The number of benzene rings is 1. The van der Waals surface area contributed by atoms with Crippen LogP contribution < -0.4 is 4.74 Å². The third-order valence-corrected chi connectivity index (χ3v) is 2.90. The van der Waals surface area contributed by atoms with Gasteiger partial charge < -0.3 is 9.47 Å². The lowest BCUT2D eigenvalue weighted by Crippen LogP contribution is -2.13. The molecule has 0 spiro atoms. The largest absolute Gasteiger partial charge is 0.492 e. The van der Waals surface area contributed by atoms with Crippen LogP contribution in [-0.4, -0.2) is 35.0 Å². The molecule has 0 amide bonds. The number of ether oxygens (including phenoxy) is 2. The molecule has 0 aliphatic rings. The molecular formula is C13H14ClN3O3. The second-order valence-corrected chi connectivity index (χ2v) is 4.43. The lowest BCUT2D eigenvalue weighted by molar-refractivity contribution is 0.111. The Balaban J connectivity index is 1.95. The minimum atomic E-state index is 0.280. The maximum atomic E-state index is 10.8. The van der Waals surface area contributed by atoms with Crippen LogP contribution in [0.25, 0.3) is 0 Å². The fourth-order valence-corrected chi connectivity index (χ4v) is 1.81. The van der Waals surface area contributed by atoms with E-state index in [4.69, 9.17) is 21.1 Å². The van der Waals surface area contributed by atoms with Gasteiger partial charge in [0.25, 0.3) is 0 Å². The van der Waals surface area contributed by atoms with Gasteiger partial charge >= 0.3 is 0 Å². The second kappa shape index (κ2) is 7.02. The molecule has 0 atom stereocenters. The number of hydrogen-bond donors (Lipinski definition) is 0. The standard InChI is InChI=1S/C13H14ClN3O3/c1-19-9-13-12(8-18)15-16-17(13)6-7-20-11-4-2-10(14)3-5-11/h2-5,8H,6-7,9H2,1H3. The highest BCUT2D eigenvalue weighted by molar-refractivity contribution is 6.30. The average molecular weight is 296 g/mol. The number of aldehydes is 1. The predicted octanol–water partition coefficient (Wildman–Crippen LogP) is 1.97. The van der Waals surface area contributed by atoms with Gasteiger partial charge in [0.1, 0.15) is 12.4 Å². The van der Waals surface area contributed by atoms with Gasteiger partial charge in [0.2, 0.25) is 0 Å². The first-order chi connectivity index (χ1) is 9.74. The van der Waals surface area contributed by atoms with Crippen molar-refractivity contribution >= 4 is 17.9 Å². The van der Waals surface area contributed by atoms with Crippen LogP contribution in [0.2, 0.25) is 5.02 Å². The zero-order chi connectivity index (χ0) is 14.4. The van der Waals surface area contributed by atoms with E-state index in [0.29, 0.717) is 35.8 Å². The molecule has 2 aromatic rings. The van der Waals surface area contributed by atoms with Gasteiger partial charge in [-0.15, -0.1) is 5.10 Å². The number of halogens is 1. The van der Waals surface area contributed by atoms with Gasteiger partial charge in [-0.2, -0.15) is 0 Å². The molecule has 0 aliphatic carbocycles. The smallest absolute Gasteiger partial charge is 0.172 e. The van der Waals surface area contributed by atoms with Crippen molar-refractivity contribution in [2.24, 2.45) is 0 Å². The fourth-order valence-electron chi connectivity index (χ4n) is 1.68. The molecule has 0 saturated heterocycles. The topological polar surface area (TPSA) is 66.2 Å². The molecule has 2 rings (SSSR count). The monoisotopic (exact) mass is 295 g/mol. The predicted molar refractivity (Wildman–Crippen MR) is 73.1 cm³/mol. The van der Waals surface area contributed by atoms with E-state index < -0.39 is 0 Å². The van der Waals surface area contributed by atoms with Crippen molar-refractivity contribution in [3.8, 4) is 5.75 Å². The number of aromatic nitrogens is 3. The summed E-state index contributed by atoms with van der Waals surface area (Å²) in [5.41, 5.74) is 0.931. The van der Waals surface area contributed by atoms with Gasteiger partial charge in [-0.3, -0.25) is 4.79 Å². The molecule has 0 unspecified atom stereocenters. The number of methoxy groups -OCH3 is 1. The van der Waals surface area contributed by atoms with Crippen molar-refractivity contribution in [1.29, 1.82) is 0 Å². The van der Waals surface area contributed by atoms with Crippen LogP contribution in [0, 0.1) is 0 Å². The number of carbonyl (C=O) groups excluding carboxylic acids is 1. The summed E-state index contributed by atoms with van der Waals surface area (Å²) in [5, 5.41) is 8.35. The zero-order valence-electron chi connectivity index (χ0n) is 11.0. The van der Waals surface area contributed by atoms with Gasteiger partial charge in [0.05, 0.1) is 18.8 Å². The van der Waals surface area contributed by atoms with Crippen molar-refractivity contribution in [1.82, 2.24) is 15.0 Å². The van der Waals surface area contributed by atoms with E-state index in [2.05, 4.69) is 10.3 Å². The Labute approximate surface area is 121 Å². The van der Waals surface area contributed by atoms with E-state index in [9.17, 15) is 4.79 Å². The molecule has 6 nitrogen and oxygen atoms in total. The molecular weight excluding hydrogens is 282 g/mol. The van der Waals surface area contributed by atoms with Crippen molar-refractivity contribution in [2.45, 2.75) is 13.2 Å². The molecule has 106 valence electrons. The van der Waals surface area contributed by atoms with E-state index in [0.717, 1.165) is 5.75 Å². The van der Waals surface area contributed by atoms with Gasteiger partial charge in [-0.1, -0.05) is 16.8 Å². The maximum absolute atomic E-state index is 10.8. The Morgan fingerprint density at radius 3 is 2.75 bits per heavy atom. The number of rotatable bonds is 7. The van der Waals surface area contributed by atoms with Crippen molar-refractivity contribution in [3.05, 3.63) is 40.7 Å². The van der Waals surface area contributed by atoms with Gasteiger partial charge in [0, 0.05) is 12.1 Å². The molecule has 1 aromatic carbocycles. The Morgan fingerprint density at radius 2 is 2.10 bits per heavy atom. The number of hydrogen-bond acceptors (Lipinski definition) is 5. The third-order valence-electron chi connectivity index (χ3n) is 2.65. The third kappa shape index (κ3) is 3.55. The Kier molecular flexibility index (Phi) is 5.09. The van der Waals surface area contributed by atoms with Crippen LogP contribution >= 0.6 is 11.6 Å². The Morgan fingerprint density at radius 1 is 1.35 bits per heavy atom. The molecule has 0 aliphatic heterocycles. The summed E-state index contributed by atoms with van der Waals surface area (Å²) < 4.78 is 12.2. The highest BCUT2D eigenvalue weighted by Gasteiger charge is 2.11. The van der Waals surface area contributed by atoms with Crippen LogP contribution in [0.5, 0.6) is 5.75 Å². The molecule has 0 N–H and O–H groups in total. The fraction of sp³-hybridized carbons (Fsp3) is 0.308. The normalized spacial score (nSPS) is 10.5. The quantitative estimate of drug-likeness (QED) is 0.731. The van der Waals surface area contributed by atoms with Gasteiger partial charge in [-0.25, -0.2) is 4.68 Å². The van der Waals surface area contributed by atoms with Crippen LogP contribution in [0.3, 0.4) is 0 Å². The van der Waals surface area contributed by atoms with Gasteiger partial charge in [0.15, 0.2) is 12.0 Å². The summed E-state index contributed by atoms with van der Waals surface area (Å²) in [6.07, 6.45) is 0.665. The first kappa shape index (κ1) is 14.5. The van der Waals surface area contributed by atoms with Crippen LogP contribution in [-0.2, 0) is 17.9 Å². The zero-order valence-corrected chi connectivity index (χ0v) is 11.7. The summed E-state index contributed by atoms with van der Waals surface area (Å²) in [5.74, 6) is 0.721. The molecule has 0 radical (unpaired) electrons. The summed E-state index contributed by atoms with van der Waals surface area (Å²) in [6.45, 7) is 1.16. The summed E-state index contributed by atoms with van der Waals surface area (Å²) in [7, 11) is 1.55.